The lowest BCUT2D eigenvalue weighted by Crippen LogP contribution is -2.74. The van der Waals surface area contributed by atoms with Gasteiger partial charge >= 0.3 is 16.2 Å². The highest BCUT2D eigenvalue weighted by Gasteiger charge is 2.55. The fourth-order valence-corrected chi connectivity index (χ4v) is 4.93. The van der Waals surface area contributed by atoms with Crippen molar-refractivity contribution in [1.82, 2.24) is 13.9 Å². The monoisotopic (exact) mass is 259 g/mol. The smallest absolute Gasteiger partial charge is 0.304 e. The third-order valence-electron chi connectivity index (χ3n) is 4.12. The zero-order valence-electron chi connectivity index (χ0n) is 9.68. The molecular formula is C10H17N3O3S. The van der Waals surface area contributed by atoms with Crippen LogP contribution in [0.5, 0.6) is 0 Å². The molecule has 1 atom stereocenters. The summed E-state index contributed by atoms with van der Waals surface area (Å²) in [5, 5.41) is 0. The van der Waals surface area contributed by atoms with Gasteiger partial charge in [0, 0.05) is 13.1 Å². The van der Waals surface area contributed by atoms with Gasteiger partial charge in [-0.25, -0.2) is 9.52 Å². The molecule has 3 aliphatic rings. The zero-order valence-corrected chi connectivity index (χ0v) is 10.5. The summed E-state index contributed by atoms with van der Waals surface area (Å²) in [5.41, 5.74) is -0.558. The maximum absolute atomic E-state index is 12.0. The fraction of sp³-hybridized carbons (Fsp3) is 0.900. The molecule has 3 aliphatic heterocycles. The van der Waals surface area contributed by atoms with Gasteiger partial charge in [-0.3, -0.25) is 0 Å². The Labute approximate surface area is 101 Å². The van der Waals surface area contributed by atoms with E-state index in [0.29, 0.717) is 13.1 Å². The lowest BCUT2D eigenvalue weighted by Gasteiger charge is -2.56. The van der Waals surface area contributed by atoms with Crippen LogP contribution in [0, 0.1) is 0 Å². The predicted molar refractivity (Wildman–Crippen MR) is 61.3 cm³/mol. The number of nitrogens with zero attached hydrogens (tertiary/aromatic N) is 2. The molecule has 1 N–H and O–H groups in total. The standard InChI is InChI=1S/C10H17N3O3S/c14-9-11-17(15,16)13-8-4-2-6-10(13)5-1-3-7-12(9)10/h1-8H2,(H,11,14). The lowest BCUT2D eigenvalue weighted by atomic mass is 9.87. The van der Waals surface area contributed by atoms with Crippen LogP contribution in [-0.2, 0) is 10.2 Å². The summed E-state index contributed by atoms with van der Waals surface area (Å²) >= 11 is 0. The molecule has 1 unspecified atom stereocenters. The van der Waals surface area contributed by atoms with Crippen molar-refractivity contribution in [3.63, 3.8) is 0 Å². The summed E-state index contributed by atoms with van der Waals surface area (Å²) in [6.45, 7) is 1.19. The van der Waals surface area contributed by atoms with E-state index in [9.17, 15) is 13.2 Å². The maximum Gasteiger partial charge on any atom is 0.333 e. The molecule has 17 heavy (non-hydrogen) atoms. The van der Waals surface area contributed by atoms with E-state index in [1.165, 1.54) is 4.31 Å². The Morgan fingerprint density at radius 3 is 2.41 bits per heavy atom. The molecular weight excluding hydrogens is 242 g/mol. The first kappa shape index (κ1) is 11.3. The van der Waals surface area contributed by atoms with Crippen molar-refractivity contribution in [2.24, 2.45) is 0 Å². The third-order valence-corrected chi connectivity index (χ3v) is 5.65. The number of amides is 2. The van der Waals surface area contributed by atoms with Crippen LogP contribution < -0.4 is 4.72 Å². The van der Waals surface area contributed by atoms with Crippen molar-refractivity contribution in [1.29, 1.82) is 0 Å². The lowest BCUT2D eigenvalue weighted by molar-refractivity contribution is -0.0423. The van der Waals surface area contributed by atoms with E-state index < -0.39 is 21.9 Å². The summed E-state index contributed by atoms with van der Waals surface area (Å²) in [5.74, 6) is 0. The van der Waals surface area contributed by atoms with E-state index in [1.807, 2.05) is 0 Å². The van der Waals surface area contributed by atoms with Crippen LogP contribution in [0.15, 0.2) is 0 Å². The first-order chi connectivity index (χ1) is 8.06. The van der Waals surface area contributed by atoms with Gasteiger partial charge in [0.15, 0.2) is 0 Å². The fourth-order valence-electron chi connectivity index (χ4n) is 3.39. The van der Waals surface area contributed by atoms with Crippen LogP contribution in [0.1, 0.15) is 38.5 Å². The highest BCUT2D eigenvalue weighted by molar-refractivity contribution is 7.87. The van der Waals surface area contributed by atoms with Crippen LogP contribution in [0.2, 0.25) is 0 Å². The number of carbonyl (C=O) groups excluding carboxylic acids is 1. The second-order valence-corrected chi connectivity index (χ2v) is 6.63. The molecule has 0 saturated carbocycles. The number of nitrogens with one attached hydrogen (secondary N) is 1. The Bertz CT molecular complexity index is 444. The van der Waals surface area contributed by atoms with Crippen molar-refractivity contribution in [2.45, 2.75) is 44.2 Å². The van der Waals surface area contributed by atoms with Crippen molar-refractivity contribution in [3.05, 3.63) is 0 Å². The molecule has 96 valence electrons. The van der Waals surface area contributed by atoms with Gasteiger partial charge in [-0.2, -0.15) is 12.7 Å². The summed E-state index contributed by atoms with van der Waals surface area (Å²) in [6, 6.07) is -0.442. The minimum absolute atomic E-state index is 0.442. The Balaban J connectivity index is 2.08. The van der Waals surface area contributed by atoms with E-state index in [-0.39, 0.29) is 0 Å². The normalized spacial score (nSPS) is 36.9. The van der Waals surface area contributed by atoms with Gasteiger partial charge in [-0.15, -0.1) is 0 Å². The van der Waals surface area contributed by atoms with Gasteiger partial charge in [0.05, 0.1) is 0 Å². The van der Waals surface area contributed by atoms with Gasteiger partial charge in [-0.1, -0.05) is 0 Å². The second-order valence-electron chi connectivity index (χ2n) is 5.03. The molecule has 3 heterocycles. The van der Waals surface area contributed by atoms with Gasteiger partial charge in [0.2, 0.25) is 0 Å². The van der Waals surface area contributed by atoms with Crippen molar-refractivity contribution in [3.8, 4) is 0 Å². The molecule has 2 amide bonds. The number of hydrogen-bond acceptors (Lipinski definition) is 3. The van der Waals surface area contributed by atoms with Crippen molar-refractivity contribution < 1.29 is 13.2 Å². The highest BCUT2D eigenvalue weighted by Crippen LogP contribution is 2.42. The Morgan fingerprint density at radius 1 is 1.06 bits per heavy atom. The molecule has 3 saturated heterocycles. The molecule has 3 rings (SSSR count). The van der Waals surface area contributed by atoms with Crippen LogP contribution in [0.3, 0.4) is 0 Å². The second kappa shape index (κ2) is 3.58. The molecule has 0 bridgehead atoms. The van der Waals surface area contributed by atoms with Crippen LogP contribution in [0.25, 0.3) is 0 Å². The summed E-state index contributed by atoms with van der Waals surface area (Å²) in [6.07, 6.45) is 5.39. The molecule has 3 fully saturated rings. The molecule has 0 aliphatic carbocycles. The molecule has 6 nitrogen and oxygen atoms in total. The molecule has 0 aromatic carbocycles. The van der Waals surface area contributed by atoms with E-state index in [0.717, 1.165) is 38.5 Å². The van der Waals surface area contributed by atoms with Crippen LogP contribution in [-0.4, -0.2) is 42.4 Å². The molecule has 7 heteroatoms. The van der Waals surface area contributed by atoms with E-state index in [1.54, 1.807) is 4.90 Å². The molecule has 1 spiro atoms. The summed E-state index contributed by atoms with van der Waals surface area (Å²) in [7, 11) is -3.62. The van der Waals surface area contributed by atoms with Crippen molar-refractivity contribution in [2.75, 3.05) is 13.1 Å². The first-order valence-corrected chi connectivity index (χ1v) is 7.62. The van der Waals surface area contributed by atoms with Crippen LogP contribution in [0.4, 0.5) is 4.79 Å². The maximum atomic E-state index is 12.0. The predicted octanol–water partition coefficient (Wildman–Crippen LogP) is 0.622. The Kier molecular flexibility index (Phi) is 2.38. The quantitative estimate of drug-likeness (QED) is 0.693. The van der Waals surface area contributed by atoms with Gasteiger partial charge in [0.1, 0.15) is 5.66 Å². The number of carbonyl (C=O) groups is 1. The Morgan fingerprint density at radius 2 is 1.71 bits per heavy atom. The highest BCUT2D eigenvalue weighted by atomic mass is 32.2. The average molecular weight is 259 g/mol. The summed E-state index contributed by atoms with van der Waals surface area (Å²) in [4.78, 5) is 13.6. The van der Waals surface area contributed by atoms with Gasteiger partial charge < -0.3 is 4.90 Å². The minimum Gasteiger partial charge on any atom is -0.304 e. The molecule has 0 radical (unpaired) electrons. The number of urea groups is 1. The first-order valence-electron chi connectivity index (χ1n) is 6.18. The van der Waals surface area contributed by atoms with Gasteiger partial charge in [0.25, 0.3) is 0 Å². The largest absolute Gasteiger partial charge is 0.333 e. The molecule has 0 aromatic rings. The number of piperidine rings is 2. The van der Waals surface area contributed by atoms with Gasteiger partial charge in [-0.05, 0) is 38.5 Å². The third kappa shape index (κ3) is 1.48. The van der Waals surface area contributed by atoms with E-state index in [2.05, 4.69) is 4.72 Å². The summed E-state index contributed by atoms with van der Waals surface area (Å²) < 4.78 is 27.7. The van der Waals surface area contributed by atoms with E-state index >= 15 is 0 Å². The molecule has 0 aromatic heterocycles. The Hall–Kier alpha value is -0.820. The SMILES string of the molecule is O=C1NS(=O)(=O)N2CCCCC23CCCCN13. The average Bonchev–Trinajstić information content (AvgIpc) is 2.28. The number of rotatable bonds is 0. The number of hydrogen-bond donors (Lipinski definition) is 1. The van der Waals surface area contributed by atoms with E-state index in [4.69, 9.17) is 0 Å². The minimum atomic E-state index is -3.62. The zero-order chi connectivity index (χ0) is 12.1. The topological polar surface area (TPSA) is 69.7 Å². The van der Waals surface area contributed by atoms with Crippen molar-refractivity contribution >= 4 is 16.2 Å². The van der Waals surface area contributed by atoms with Crippen LogP contribution >= 0.6 is 0 Å².